The normalized spacial score (nSPS) is 22.2. The molecule has 0 atom stereocenters. The molecular weight excluding hydrogens is 276 g/mol. The Kier molecular flexibility index (Phi) is 3.95. The molecule has 117 valence electrons. The van der Waals surface area contributed by atoms with Crippen molar-refractivity contribution in [1.29, 1.82) is 0 Å². The first-order valence-electron chi connectivity index (χ1n) is 8.31. The zero-order valence-electron chi connectivity index (χ0n) is 12.8. The molecule has 4 rings (SSSR count). The summed E-state index contributed by atoms with van der Waals surface area (Å²) in [6.45, 7) is 4.72. The van der Waals surface area contributed by atoms with Gasteiger partial charge in [-0.05, 0) is 38.8 Å². The minimum absolute atomic E-state index is 0.499. The summed E-state index contributed by atoms with van der Waals surface area (Å²) in [6.07, 6.45) is 8.36. The maximum Gasteiger partial charge on any atom is 0.143 e. The van der Waals surface area contributed by atoms with Crippen molar-refractivity contribution in [2.45, 2.75) is 37.8 Å². The van der Waals surface area contributed by atoms with Crippen LogP contribution in [0.2, 0.25) is 0 Å². The smallest absolute Gasteiger partial charge is 0.143 e. The Morgan fingerprint density at radius 3 is 2.77 bits per heavy atom. The lowest BCUT2D eigenvalue weighted by atomic mass is 9.98. The minimum Gasteiger partial charge on any atom is -0.367 e. The van der Waals surface area contributed by atoms with E-state index in [1.54, 1.807) is 12.5 Å². The topological polar surface area (TPSA) is 68.9 Å². The first-order chi connectivity index (χ1) is 10.9. The van der Waals surface area contributed by atoms with Crippen molar-refractivity contribution in [3.8, 4) is 0 Å². The fourth-order valence-corrected chi connectivity index (χ4v) is 3.69. The molecule has 0 amide bonds. The van der Waals surface area contributed by atoms with Crippen LogP contribution in [0, 0.1) is 6.07 Å². The minimum atomic E-state index is 0.499. The van der Waals surface area contributed by atoms with Gasteiger partial charge in [0.15, 0.2) is 0 Å². The Labute approximate surface area is 130 Å². The number of hydrogen-bond acceptors (Lipinski definition) is 5. The summed E-state index contributed by atoms with van der Waals surface area (Å²) in [5.41, 5.74) is 0.852. The number of piperidine rings is 2. The van der Waals surface area contributed by atoms with Crippen LogP contribution in [0.4, 0.5) is 5.82 Å². The molecule has 22 heavy (non-hydrogen) atoms. The third-order valence-electron chi connectivity index (χ3n) is 4.97. The van der Waals surface area contributed by atoms with Gasteiger partial charge >= 0.3 is 0 Å². The Morgan fingerprint density at radius 2 is 1.95 bits per heavy atom. The number of hydrogen-bond donors (Lipinski definition) is 3. The number of aromatic nitrogens is 3. The predicted molar refractivity (Wildman–Crippen MR) is 86.8 cm³/mol. The molecule has 0 unspecified atom stereocenters. The van der Waals surface area contributed by atoms with Gasteiger partial charge in [0.2, 0.25) is 0 Å². The fourth-order valence-electron chi connectivity index (χ4n) is 3.69. The van der Waals surface area contributed by atoms with Crippen molar-refractivity contribution < 1.29 is 0 Å². The van der Waals surface area contributed by atoms with Crippen LogP contribution in [-0.4, -0.2) is 58.1 Å². The van der Waals surface area contributed by atoms with E-state index >= 15 is 0 Å². The maximum atomic E-state index is 4.39. The monoisotopic (exact) mass is 299 g/mol. The zero-order chi connectivity index (χ0) is 14.8. The molecule has 2 aromatic heterocycles. The summed E-state index contributed by atoms with van der Waals surface area (Å²) in [5, 5.41) is 8.00. The predicted octanol–water partition coefficient (Wildman–Crippen LogP) is 1.39. The molecule has 0 aromatic carbocycles. The first kappa shape index (κ1) is 14.0. The van der Waals surface area contributed by atoms with E-state index in [0.29, 0.717) is 6.04 Å². The second-order valence-electron chi connectivity index (χ2n) is 6.31. The Balaban J connectivity index is 1.36. The number of nitrogens with one attached hydrogen (secondary N) is 3. The van der Waals surface area contributed by atoms with E-state index in [1.807, 2.05) is 0 Å². The summed E-state index contributed by atoms with van der Waals surface area (Å²) in [5.74, 6) is 0.909. The molecule has 0 aliphatic carbocycles. The van der Waals surface area contributed by atoms with Crippen molar-refractivity contribution in [2.75, 3.05) is 31.5 Å². The average molecular weight is 299 g/mol. The van der Waals surface area contributed by atoms with Crippen LogP contribution in [0.5, 0.6) is 0 Å². The van der Waals surface area contributed by atoms with Crippen molar-refractivity contribution in [2.24, 2.45) is 0 Å². The van der Waals surface area contributed by atoms with Gasteiger partial charge in [0.25, 0.3) is 0 Å². The standard InChI is InChI=1S/C16H23N6/c1-6-17-7-2-13(1)22-9-4-12(5-10-22)21-16-14-3-8-18-15(14)19-11-20-16/h8,11-13,17H,1-2,4-7,9-10H2,(H2,18,19,20,21). The summed E-state index contributed by atoms with van der Waals surface area (Å²) in [4.78, 5) is 14.4. The van der Waals surface area contributed by atoms with Gasteiger partial charge in [-0.2, -0.15) is 0 Å². The summed E-state index contributed by atoms with van der Waals surface area (Å²) in [6, 6.07) is 4.46. The van der Waals surface area contributed by atoms with Crippen LogP contribution in [0.3, 0.4) is 0 Å². The molecule has 2 aromatic rings. The lowest BCUT2D eigenvalue weighted by molar-refractivity contribution is 0.131. The van der Waals surface area contributed by atoms with Crippen LogP contribution in [0.15, 0.2) is 12.5 Å². The Morgan fingerprint density at radius 1 is 1.14 bits per heavy atom. The van der Waals surface area contributed by atoms with Gasteiger partial charge in [-0.3, -0.25) is 0 Å². The molecule has 6 heteroatoms. The number of nitrogens with zero attached hydrogens (tertiary/aromatic N) is 3. The van der Waals surface area contributed by atoms with Crippen molar-refractivity contribution in [3.05, 3.63) is 18.6 Å². The highest BCUT2D eigenvalue weighted by Crippen LogP contribution is 2.23. The number of fused-ring (bicyclic) bond motifs is 1. The van der Waals surface area contributed by atoms with Crippen molar-refractivity contribution in [1.82, 2.24) is 25.2 Å². The highest BCUT2D eigenvalue weighted by Gasteiger charge is 2.26. The van der Waals surface area contributed by atoms with E-state index in [1.165, 1.54) is 51.9 Å². The number of rotatable bonds is 3. The largest absolute Gasteiger partial charge is 0.367 e. The number of likely N-dealkylation sites (tertiary alicyclic amines) is 1. The van der Waals surface area contributed by atoms with Crippen LogP contribution < -0.4 is 10.6 Å². The van der Waals surface area contributed by atoms with Gasteiger partial charge in [0, 0.05) is 37.4 Å². The molecule has 2 aliphatic heterocycles. The molecule has 3 N–H and O–H groups in total. The van der Waals surface area contributed by atoms with Crippen LogP contribution >= 0.6 is 0 Å². The maximum absolute atomic E-state index is 4.39. The number of H-pyrrole nitrogens is 1. The Bertz CT molecular complexity index is 610. The van der Waals surface area contributed by atoms with Gasteiger partial charge in [-0.1, -0.05) is 0 Å². The molecule has 0 spiro atoms. The van der Waals surface area contributed by atoms with E-state index in [9.17, 15) is 0 Å². The quantitative estimate of drug-likeness (QED) is 0.799. The molecule has 1 radical (unpaired) electrons. The summed E-state index contributed by atoms with van der Waals surface area (Å²) < 4.78 is 0. The lowest BCUT2D eigenvalue weighted by Crippen LogP contribution is -2.48. The van der Waals surface area contributed by atoms with E-state index in [4.69, 9.17) is 0 Å². The molecule has 2 saturated heterocycles. The molecular formula is C16H23N6. The lowest BCUT2D eigenvalue weighted by Gasteiger charge is -2.39. The van der Waals surface area contributed by atoms with Crippen LogP contribution in [0.1, 0.15) is 25.7 Å². The third-order valence-corrected chi connectivity index (χ3v) is 4.97. The highest BCUT2D eigenvalue weighted by atomic mass is 15.2. The molecule has 4 heterocycles. The Hall–Kier alpha value is -1.66. The molecule has 0 bridgehead atoms. The van der Waals surface area contributed by atoms with Gasteiger partial charge in [0.1, 0.15) is 17.8 Å². The van der Waals surface area contributed by atoms with E-state index in [0.717, 1.165) is 22.9 Å². The average Bonchev–Trinajstić information content (AvgIpc) is 3.06. The van der Waals surface area contributed by atoms with Gasteiger partial charge in [-0.25, -0.2) is 9.97 Å². The van der Waals surface area contributed by atoms with Crippen molar-refractivity contribution >= 4 is 16.9 Å². The molecule has 6 nitrogen and oxygen atoms in total. The fraction of sp³-hybridized carbons (Fsp3) is 0.625. The first-order valence-corrected chi connectivity index (χ1v) is 8.31. The zero-order valence-corrected chi connectivity index (χ0v) is 12.8. The molecule has 0 saturated carbocycles. The van der Waals surface area contributed by atoms with Crippen molar-refractivity contribution in [3.63, 3.8) is 0 Å². The molecule has 2 aliphatic rings. The van der Waals surface area contributed by atoms with E-state index in [2.05, 4.69) is 36.6 Å². The second-order valence-corrected chi connectivity index (χ2v) is 6.31. The highest BCUT2D eigenvalue weighted by molar-refractivity contribution is 5.86. The van der Waals surface area contributed by atoms with Crippen LogP contribution in [0.25, 0.3) is 11.0 Å². The summed E-state index contributed by atoms with van der Waals surface area (Å²) in [7, 11) is 0. The number of aromatic amines is 1. The summed E-state index contributed by atoms with van der Waals surface area (Å²) >= 11 is 0. The van der Waals surface area contributed by atoms with E-state index in [-0.39, 0.29) is 0 Å². The van der Waals surface area contributed by atoms with Gasteiger partial charge in [0.05, 0.1) is 5.39 Å². The second kappa shape index (κ2) is 6.22. The third kappa shape index (κ3) is 2.80. The SMILES string of the molecule is [c]1c[nH]c2ncnc(NC3CCN(C4CCNCC4)CC3)c12. The molecule has 2 fully saturated rings. The van der Waals surface area contributed by atoms with Gasteiger partial charge < -0.3 is 20.5 Å². The van der Waals surface area contributed by atoms with Gasteiger partial charge in [-0.15, -0.1) is 0 Å². The van der Waals surface area contributed by atoms with Crippen LogP contribution in [-0.2, 0) is 0 Å². The van der Waals surface area contributed by atoms with E-state index < -0.39 is 0 Å². The number of anilines is 1.